The van der Waals surface area contributed by atoms with Gasteiger partial charge < -0.3 is 14.2 Å². The molecule has 34 heavy (non-hydrogen) atoms. The van der Waals surface area contributed by atoms with E-state index in [0.29, 0.717) is 19.3 Å². The lowest BCUT2D eigenvalue weighted by atomic mass is 9.46. The molecule has 0 aliphatic heterocycles. The van der Waals surface area contributed by atoms with Gasteiger partial charge in [0.05, 0.1) is 7.11 Å². The first kappa shape index (κ1) is 24.6. The van der Waals surface area contributed by atoms with Crippen molar-refractivity contribution in [2.24, 2.45) is 28.6 Å². The number of ether oxygens (including phenoxy) is 3. The lowest BCUT2D eigenvalue weighted by molar-refractivity contribution is -0.177. The molecule has 4 aliphatic rings. The van der Waals surface area contributed by atoms with Gasteiger partial charge in [-0.15, -0.1) is 0 Å². The SMILES string of the molecule is CCC(=O)OCC(=O)[C@@]1(OC(=O)OC)CC[C@H]2[C@@H]3CCC4=CC(=O)CC[C@]4(C)[C@H]3C(=O)C[C@@]21C. The van der Waals surface area contributed by atoms with Crippen molar-refractivity contribution in [1.29, 1.82) is 0 Å². The zero-order chi connectivity index (χ0) is 24.9. The molecule has 0 unspecified atom stereocenters. The topological polar surface area (TPSA) is 113 Å². The summed E-state index contributed by atoms with van der Waals surface area (Å²) in [5.74, 6) is -1.09. The number of ketones is 3. The van der Waals surface area contributed by atoms with E-state index >= 15 is 0 Å². The minimum Gasteiger partial charge on any atom is -0.457 e. The highest BCUT2D eigenvalue weighted by Crippen LogP contribution is 2.67. The predicted molar refractivity (Wildman–Crippen MR) is 120 cm³/mol. The molecule has 186 valence electrons. The smallest absolute Gasteiger partial charge is 0.457 e. The molecule has 0 spiro atoms. The Labute approximate surface area is 199 Å². The quantitative estimate of drug-likeness (QED) is 0.554. The van der Waals surface area contributed by atoms with Gasteiger partial charge in [0.25, 0.3) is 0 Å². The molecule has 0 aromatic carbocycles. The van der Waals surface area contributed by atoms with Crippen molar-refractivity contribution in [3.8, 4) is 0 Å². The summed E-state index contributed by atoms with van der Waals surface area (Å²) in [7, 11) is 1.18. The van der Waals surface area contributed by atoms with Crippen molar-refractivity contribution in [3.05, 3.63) is 11.6 Å². The van der Waals surface area contributed by atoms with Crippen LogP contribution in [-0.2, 0) is 33.4 Å². The Bertz CT molecular complexity index is 966. The average Bonchev–Trinajstić information content (AvgIpc) is 3.09. The Morgan fingerprint density at radius 1 is 1.09 bits per heavy atom. The second-order valence-electron chi connectivity index (χ2n) is 10.8. The van der Waals surface area contributed by atoms with E-state index in [-0.39, 0.29) is 54.0 Å². The van der Waals surface area contributed by atoms with E-state index in [4.69, 9.17) is 14.2 Å². The minimum atomic E-state index is -1.60. The molecule has 0 heterocycles. The summed E-state index contributed by atoms with van der Waals surface area (Å²) >= 11 is 0. The second-order valence-corrected chi connectivity index (χ2v) is 10.8. The Morgan fingerprint density at radius 2 is 1.82 bits per heavy atom. The van der Waals surface area contributed by atoms with Crippen molar-refractivity contribution in [1.82, 2.24) is 0 Å². The van der Waals surface area contributed by atoms with E-state index in [1.807, 2.05) is 6.92 Å². The Balaban J connectivity index is 1.71. The molecule has 4 rings (SSSR count). The fourth-order valence-electron chi connectivity index (χ4n) is 7.60. The van der Waals surface area contributed by atoms with E-state index < -0.39 is 35.5 Å². The molecule has 0 radical (unpaired) electrons. The van der Waals surface area contributed by atoms with Crippen LogP contribution in [0.25, 0.3) is 0 Å². The summed E-state index contributed by atoms with van der Waals surface area (Å²) in [6.45, 7) is 5.08. The molecule has 0 bridgehead atoms. The van der Waals surface area contributed by atoms with E-state index in [2.05, 4.69) is 6.92 Å². The summed E-state index contributed by atoms with van der Waals surface area (Å²) in [4.78, 5) is 63.4. The summed E-state index contributed by atoms with van der Waals surface area (Å²) in [5, 5.41) is 0. The van der Waals surface area contributed by atoms with Gasteiger partial charge in [-0.25, -0.2) is 4.79 Å². The molecule has 0 aromatic rings. The van der Waals surface area contributed by atoms with Gasteiger partial charge >= 0.3 is 12.1 Å². The maximum atomic E-state index is 13.8. The van der Waals surface area contributed by atoms with Crippen LogP contribution >= 0.6 is 0 Å². The highest BCUT2D eigenvalue weighted by Gasteiger charge is 2.71. The summed E-state index contributed by atoms with van der Waals surface area (Å²) in [6.07, 6.45) is 4.42. The van der Waals surface area contributed by atoms with Crippen LogP contribution in [0.3, 0.4) is 0 Å². The highest BCUT2D eigenvalue weighted by atomic mass is 16.7. The number of carbonyl (C=O) groups excluding carboxylic acids is 5. The Hall–Kier alpha value is -2.51. The molecule has 0 N–H and O–H groups in total. The van der Waals surface area contributed by atoms with Crippen LogP contribution in [0.2, 0.25) is 0 Å². The minimum absolute atomic E-state index is 0.0238. The van der Waals surface area contributed by atoms with Gasteiger partial charge in [-0.1, -0.05) is 26.3 Å². The van der Waals surface area contributed by atoms with E-state index in [0.717, 1.165) is 18.4 Å². The largest absolute Gasteiger partial charge is 0.509 e. The van der Waals surface area contributed by atoms with Crippen LogP contribution in [0, 0.1) is 28.6 Å². The van der Waals surface area contributed by atoms with Gasteiger partial charge in [0.1, 0.15) is 5.78 Å². The molecule has 0 amide bonds. The third-order valence-corrected chi connectivity index (χ3v) is 9.30. The molecule has 3 saturated carbocycles. The highest BCUT2D eigenvalue weighted by molar-refractivity contribution is 5.96. The molecule has 0 aromatic heterocycles. The molecule has 8 heteroatoms. The van der Waals surface area contributed by atoms with Crippen molar-refractivity contribution in [2.75, 3.05) is 13.7 Å². The van der Waals surface area contributed by atoms with E-state index in [1.54, 1.807) is 13.0 Å². The molecule has 4 aliphatic carbocycles. The number of methoxy groups -OCH3 is 1. The molecule has 0 saturated heterocycles. The molecule has 8 nitrogen and oxygen atoms in total. The zero-order valence-electron chi connectivity index (χ0n) is 20.4. The average molecular weight is 475 g/mol. The molecular weight excluding hydrogens is 440 g/mol. The lowest BCUT2D eigenvalue weighted by Gasteiger charge is -2.57. The lowest BCUT2D eigenvalue weighted by Crippen LogP contribution is -2.62. The number of allylic oxidation sites excluding steroid dienone is 1. The van der Waals surface area contributed by atoms with Gasteiger partial charge in [0, 0.05) is 30.6 Å². The number of esters is 1. The summed E-state index contributed by atoms with van der Waals surface area (Å²) in [6, 6.07) is 0. The van der Waals surface area contributed by atoms with Crippen molar-refractivity contribution < 1.29 is 38.2 Å². The van der Waals surface area contributed by atoms with Crippen LogP contribution in [-0.4, -0.2) is 48.8 Å². The number of carbonyl (C=O) groups is 5. The fourth-order valence-corrected chi connectivity index (χ4v) is 7.60. The Kier molecular flexibility index (Phi) is 6.23. The first-order valence-electron chi connectivity index (χ1n) is 12.2. The van der Waals surface area contributed by atoms with E-state index in [9.17, 15) is 24.0 Å². The first-order chi connectivity index (χ1) is 16.0. The third kappa shape index (κ3) is 3.52. The number of hydrogen-bond acceptors (Lipinski definition) is 8. The summed E-state index contributed by atoms with van der Waals surface area (Å²) in [5.41, 5.74) is -1.82. The second kappa shape index (κ2) is 8.61. The first-order valence-corrected chi connectivity index (χ1v) is 12.2. The molecule has 3 fully saturated rings. The van der Waals surface area contributed by atoms with Crippen LogP contribution in [0.1, 0.15) is 72.1 Å². The maximum Gasteiger partial charge on any atom is 0.509 e. The van der Waals surface area contributed by atoms with Gasteiger partial charge in [0.2, 0.25) is 5.78 Å². The zero-order valence-corrected chi connectivity index (χ0v) is 20.4. The maximum absolute atomic E-state index is 13.8. The number of Topliss-reactive ketones (excluding diaryl/α,β-unsaturated/α-hetero) is 2. The van der Waals surface area contributed by atoms with Gasteiger partial charge in [-0.3, -0.25) is 19.2 Å². The fraction of sp³-hybridized carbons (Fsp3) is 0.731. The van der Waals surface area contributed by atoms with Crippen LogP contribution in [0.15, 0.2) is 11.6 Å². The van der Waals surface area contributed by atoms with Gasteiger partial charge in [-0.2, -0.15) is 0 Å². The van der Waals surface area contributed by atoms with Gasteiger partial charge in [0.15, 0.2) is 18.0 Å². The normalized spacial score (nSPS) is 38.7. The molecular formula is C26H34O8. The summed E-state index contributed by atoms with van der Waals surface area (Å²) < 4.78 is 15.6. The standard InChI is InChI=1S/C26H34O8/c1-5-21(30)33-14-20(29)26(34-23(31)32-4)11-9-18-17-7-6-15-12-16(27)8-10-24(15,2)22(17)19(28)13-25(18,26)3/h12,17-18,22H,5-11,13-14H2,1-4H3/t17-,18-,22+,24-,25-,26-/m0/s1. The van der Waals surface area contributed by atoms with Crippen LogP contribution in [0.5, 0.6) is 0 Å². The predicted octanol–water partition coefficient (Wildman–Crippen LogP) is 3.74. The van der Waals surface area contributed by atoms with Crippen molar-refractivity contribution >= 4 is 29.5 Å². The van der Waals surface area contributed by atoms with Crippen LogP contribution < -0.4 is 0 Å². The van der Waals surface area contributed by atoms with Crippen LogP contribution in [0.4, 0.5) is 4.79 Å². The number of fused-ring (bicyclic) bond motifs is 5. The van der Waals surface area contributed by atoms with E-state index in [1.165, 1.54) is 7.11 Å². The molecule has 6 atom stereocenters. The monoisotopic (exact) mass is 474 g/mol. The number of hydrogen-bond donors (Lipinski definition) is 0. The van der Waals surface area contributed by atoms with Crippen molar-refractivity contribution in [3.63, 3.8) is 0 Å². The third-order valence-electron chi connectivity index (χ3n) is 9.30. The number of rotatable bonds is 5. The van der Waals surface area contributed by atoms with Gasteiger partial charge in [-0.05, 0) is 55.4 Å². The van der Waals surface area contributed by atoms with Crippen molar-refractivity contribution in [2.45, 2.75) is 77.7 Å². The Morgan fingerprint density at radius 3 is 2.50 bits per heavy atom.